The van der Waals surface area contributed by atoms with Crippen LogP contribution in [0, 0.1) is 6.92 Å². The lowest BCUT2D eigenvalue weighted by atomic mass is 10.2. The number of rotatable bonds is 5. The van der Waals surface area contributed by atoms with Crippen LogP contribution in [-0.4, -0.2) is 11.7 Å². The summed E-state index contributed by atoms with van der Waals surface area (Å²) in [6.45, 7) is 8.59. The summed E-state index contributed by atoms with van der Waals surface area (Å²) in [6.07, 6.45) is 1.27. The van der Waals surface area contributed by atoms with Gasteiger partial charge in [0.15, 0.2) is 0 Å². The molecule has 0 radical (unpaired) electrons. The van der Waals surface area contributed by atoms with Gasteiger partial charge >= 0.3 is 6.09 Å². The first kappa shape index (κ1) is 16.9. The van der Waals surface area contributed by atoms with Crippen molar-refractivity contribution in [3.05, 3.63) is 53.5 Å². The van der Waals surface area contributed by atoms with E-state index in [-0.39, 0.29) is 0 Å². The molecular weight excluding hydrogens is 292 g/mol. The molecule has 0 atom stereocenters. The number of alkyl carbamates (subject to hydrolysis) is 1. The van der Waals surface area contributed by atoms with E-state index >= 15 is 0 Å². The average Bonchev–Trinajstić information content (AvgIpc) is 2.87. The predicted molar refractivity (Wildman–Crippen MR) is 90.3 cm³/mol. The van der Waals surface area contributed by atoms with Crippen LogP contribution in [0.1, 0.15) is 37.7 Å². The number of ether oxygens (including phenoxy) is 1. The van der Waals surface area contributed by atoms with Crippen LogP contribution < -0.4 is 10.6 Å². The topological polar surface area (TPSA) is 63.5 Å². The minimum absolute atomic E-state index is 0.415. The smallest absolute Gasteiger partial charge is 0.407 e. The first-order valence-corrected chi connectivity index (χ1v) is 7.66. The predicted octanol–water partition coefficient (Wildman–Crippen LogP) is 4.22. The third-order valence-electron chi connectivity index (χ3n) is 3.18. The average molecular weight is 316 g/mol. The highest BCUT2D eigenvalue weighted by atomic mass is 16.6. The van der Waals surface area contributed by atoms with Crippen LogP contribution in [0.25, 0.3) is 0 Å². The van der Waals surface area contributed by atoms with Gasteiger partial charge in [0.2, 0.25) is 0 Å². The summed E-state index contributed by atoms with van der Waals surface area (Å²) in [5.41, 5.74) is 2.61. The molecule has 5 nitrogen and oxygen atoms in total. The van der Waals surface area contributed by atoms with Gasteiger partial charge in [-0.1, -0.05) is 12.1 Å². The highest BCUT2D eigenvalue weighted by Gasteiger charge is 2.15. The van der Waals surface area contributed by atoms with Crippen LogP contribution in [0.15, 0.2) is 41.0 Å². The van der Waals surface area contributed by atoms with Gasteiger partial charge in [0.1, 0.15) is 11.4 Å². The van der Waals surface area contributed by atoms with Crippen molar-refractivity contribution in [3.63, 3.8) is 0 Å². The van der Waals surface area contributed by atoms with Crippen LogP contribution >= 0.6 is 0 Å². The molecule has 0 aliphatic heterocycles. The minimum Gasteiger partial charge on any atom is -0.467 e. The van der Waals surface area contributed by atoms with Gasteiger partial charge in [-0.05, 0) is 57.0 Å². The first-order valence-electron chi connectivity index (χ1n) is 7.66. The number of hydrogen-bond donors (Lipinski definition) is 2. The maximum atomic E-state index is 11.7. The van der Waals surface area contributed by atoms with Crippen molar-refractivity contribution in [2.75, 3.05) is 5.32 Å². The van der Waals surface area contributed by atoms with Gasteiger partial charge in [-0.25, -0.2) is 4.79 Å². The Morgan fingerprint density at radius 3 is 2.65 bits per heavy atom. The van der Waals surface area contributed by atoms with Crippen molar-refractivity contribution in [2.24, 2.45) is 0 Å². The van der Waals surface area contributed by atoms with E-state index in [4.69, 9.17) is 9.15 Å². The van der Waals surface area contributed by atoms with Crippen molar-refractivity contribution < 1.29 is 13.9 Å². The highest BCUT2D eigenvalue weighted by molar-refractivity contribution is 5.67. The molecule has 0 aliphatic rings. The standard InChI is InChI=1S/C18H24N2O3/c1-13-8-9-22-16(13)12-19-15-7-5-6-14(10-15)11-20-17(21)23-18(2,3)4/h5-10,19H,11-12H2,1-4H3,(H,20,21). The maximum Gasteiger partial charge on any atom is 0.407 e. The molecule has 1 aromatic carbocycles. The van der Waals surface area contributed by atoms with Crippen LogP contribution in [0.4, 0.5) is 10.5 Å². The number of aryl methyl sites for hydroxylation is 1. The second-order valence-electron chi connectivity index (χ2n) is 6.44. The summed E-state index contributed by atoms with van der Waals surface area (Å²) in [5, 5.41) is 6.07. The number of nitrogens with one attached hydrogen (secondary N) is 2. The lowest BCUT2D eigenvalue weighted by Gasteiger charge is -2.19. The monoisotopic (exact) mass is 316 g/mol. The third-order valence-corrected chi connectivity index (χ3v) is 3.18. The molecule has 5 heteroatoms. The normalized spacial score (nSPS) is 11.1. The zero-order chi connectivity index (χ0) is 16.9. The summed E-state index contributed by atoms with van der Waals surface area (Å²) in [4.78, 5) is 11.7. The number of furan rings is 1. The molecule has 2 rings (SSSR count). The molecule has 1 aromatic heterocycles. The molecule has 2 aromatic rings. The molecular formula is C18H24N2O3. The van der Waals surface area contributed by atoms with Crippen molar-refractivity contribution in [1.82, 2.24) is 5.32 Å². The molecule has 0 unspecified atom stereocenters. The van der Waals surface area contributed by atoms with E-state index in [1.807, 2.05) is 58.0 Å². The lowest BCUT2D eigenvalue weighted by molar-refractivity contribution is 0.0523. The minimum atomic E-state index is -0.492. The van der Waals surface area contributed by atoms with Crippen LogP contribution in [0.5, 0.6) is 0 Å². The molecule has 0 saturated carbocycles. The summed E-state index contributed by atoms with van der Waals surface area (Å²) < 4.78 is 10.6. The van der Waals surface area contributed by atoms with Crippen molar-refractivity contribution in [1.29, 1.82) is 0 Å². The fraction of sp³-hybridized carbons (Fsp3) is 0.389. The molecule has 0 bridgehead atoms. The molecule has 1 amide bonds. The Labute approximate surface area is 137 Å². The largest absolute Gasteiger partial charge is 0.467 e. The number of anilines is 1. The molecule has 0 spiro atoms. The molecule has 0 aliphatic carbocycles. The Morgan fingerprint density at radius 1 is 1.22 bits per heavy atom. The molecule has 124 valence electrons. The van der Waals surface area contributed by atoms with Crippen LogP contribution in [0.3, 0.4) is 0 Å². The molecule has 0 saturated heterocycles. The van der Waals surface area contributed by atoms with Gasteiger partial charge in [0, 0.05) is 12.2 Å². The third kappa shape index (κ3) is 5.70. The molecule has 2 N–H and O–H groups in total. The van der Waals surface area contributed by atoms with Gasteiger partial charge in [0.25, 0.3) is 0 Å². The quantitative estimate of drug-likeness (QED) is 0.866. The Balaban J connectivity index is 1.87. The van der Waals surface area contributed by atoms with Gasteiger partial charge in [-0.3, -0.25) is 0 Å². The number of benzene rings is 1. The Bertz CT molecular complexity index is 656. The van der Waals surface area contributed by atoms with Gasteiger partial charge in [-0.15, -0.1) is 0 Å². The van der Waals surface area contributed by atoms with E-state index < -0.39 is 11.7 Å². The lowest BCUT2D eigenvalue weighted by Crippen LogP contribution is -2.32. The Morgan fingerprint density at radius 2 is 2.00 bits per heavy atom. The molecule has 0 fully saturated rings. The van der Waals surface area contributed by atoms with E-state index in [9.17, 15) is 4.79 Å². The number of hydrogen-bond acceptors (Lipinski definition) is 4. The number of carbonyl (C=O) groups excluding carboxylic acids is 1. The van der Waals surface area contributed by atoms with Gasteiger partial charge in [-0.2, -0.15) is 0 Å². The van der Waals surface area contributed by atoms with Gasteiger partial charge < -0.3 is 19.8 Å². The first-order chi connectivity index (χ1) is 10.8. The summed E-state index contributed by atoms with van der Waals surface area (Å²) >= 11 is 0. The number of amides is 1. The Kier molecular flexibility index (Phi) is 5.32. The summed E-state index contributed by atoms with van der Waals surface area (Å²) in [7, 11) is 0. The van der Waals surface area contributed by atoms with E-state index in [1.54, 1.807) is 6.26 Å². The zero-order valence-corrected chi connectivity index (χ0v) is 14.1. The maximum absolute atomic E-state index is 11.7. The van der Waals surface area contributed by atoms with Crippen molar-refractivity contribution >= 4 is 11.8 Å². The van der Waals surface area contributed by atoms with E-state index in [0.29, 0.717) is 13.1 Å². The second kappa shape index (κ2) is 7.22. The van der Waals surface area contributed by atoms with Crippen LogP contribution in [0.2, 0.25) is 0 Å². The van der Waals surface area contributed by atoms with E-state index in [0.717, 1.165) is 22.6 Å². The molecule has 1 heterocycles. The van der Waals surface area contributed by atoms with Crippen molar-refractivity contribution in [2.45, 2.75) is 46.4 Å². The zero-order valence-electron chi connectivity index (χ0n) is 14.1. The SMILES string of the molecule is Cc1ccoc1CNc1cccc(CNC(=O)OC(C)(C)C)c1. The van der Waals surface area contributed by atoms with Gasteiger partial charge in [0.05, 0.1) is 12.8 Å². The number of carbonyl (C=O) groups is 1. The fourth-order valence-corrected chi connectivity index (χ4v) is 2.05. The second-order valence-corrected chi connectivity index (χ2v) is 6.44. The highest BCUT2D eigenvalue weighted by Crippen LogP contribution is 2.15. The van der Waals surface area contributed by atoms with Crippen LogP contribution in [-0.2, 0) is 17.8 Å². The Hall–Kier alpha value is -2.43. The fourth-order valence-electron chi connectivity index (χ4n) is 2.05. The summed E-state index contributed by atoms with van der Waals surface area (Å²) in [6, 6.07) is 9.83. The van der Waals surface area contributed by atoms with E-state index in [2.05, 4.69) is 10.6 Å². The van der Waals surface area contributed by atoms with Crippen molar-refractivity contribution in [3.8, 4) is 0 Å². The van der Waals surface area contributed by atoms with E-state index in [1.165, 1.54) is 0 Å². The molecule has 23 heavy (non-hydrogen) atoms. The summed E-state index contributed by atoms with van der Waals surface area (Å²) in [5.74, 6) is 0.919.